The van der Waals surface area contributed by atoms with Gasteiger partial charge in [0.2, 0.25) is 0 Å². The van der Waals surface area contributed by atoms with E-state index in [0.717, 1.165) is 18.3 Å². The van der Waals surface area contributed by atoms with Crippen LogP contribution in [0.15, 0.2) is 23.8 Å². The lowest BCUT2D eigenvalue weighted by Gasteiger charge is -2.54. The molecule has 0 saturated heterocycles. The molecule has 0 radical (unpaired) electrons. The number of hydrogen-bond donors (Lipinski definition) is 2. The molecule has 2 N–H and O–H groups in total. The molecule has 4 rings (SSSR count). The first-order valence-corrected chi connectivity index (χ1v) is 10.4. The smallest absolute Gasteiger partial charge is 0.331 e. The first-order chi connectivity index (χ1) is 12.1. The van der Waals surface area contributed by atoms with Gasteiger partial charge >= 0.3 is 5.97 Å². The van der Waals surface area contributed by atoms with Crippen molar-refractivity contribution in [2.24, 2.45) is 41.4 Å². The fourth-order valence-corrected chi connectivity index (χ4v) is 6.66. The normalized spacial score (nSPS) is 43.4. The molecule has 0 aliphatic heterocycles. The van der Waals surface area contributed by atoms with Gasteiger partial charge in [-0.3, -0.25) is 0 Å². The van der Waals surface area contributed by atoms with Gasteiger partial charge in [-0.15, -0.1) is 0 Å². The lowest BCUT2D eigenvalue weighted by atomic mass is 9.50. The first kappa shape index (κ1) is 17.3. The Kier molecular flexibility index (Phi) is 4.79. The van der Waals surface area contributed by atoms with Crippen LogP contribution in [0, 0.1) is 41.4 Å². The molecular formula is C22H32O3. The van der Waals surface area contributed by atoms with E-state index in [1.165, 1.54) is 44.9 Å². The van der Waals surface area contributed by atoms with Crippen LogP contribution >= 0.6 is 0 Å². The number of aliphatic hydroxyl groups excluding tert-OH is 1. The van der Waals surface area contributed by atoms with E-state index >= 15 is 0 Å². The Balaban J connectivity index is 1.41. The Morgan fingerprint density at radius 2 is 1.84 bits per heavy atom. The predicted octanol–water partition coefficient (Wildman–Crippen LogP) is 4.42. The van der Waals surface area contributed by atoms with Crippen LogP contribution in [0.2, 0.25) is 0 Å². The van der Waals surface area contributed by atoms with Crippen LogP contribution in [-0.2, 0) is 4.79 Å². The van der Waals surface area contributed by atoms with Gasteiger partial charge in [0.1, 0.15) is 0 Å². The highest BCUT2D eigenvalue weighted by molar-refractivity contribution is 5.88. The lowest BCUT2D eigenvalue weighted by molar-refractivity contribution is -0.134. The van der Waals surface area contributed by atoms with E-state index in [2.05, 4.69) is 19.1 Å². The van der Waals surface area contributed by atoms with Crippen molar-refractivity contribution < 1.29 is 15.0 Å². The van der Waals surface area contributed by atoms with E-state index in [-0.39, 0.29) is 11.8 Å². The molecule has 0 amide bonds. The van der Waals surface area contributed by atoms with Crippen molar-refractivity contribution in [2.75, 3.05) is 0 Å². The summed E-state index contributed by atoms with van der Waals surface area (Å²) >= 11 is 0. The molecule has 4 aliphatic carbocycles. The summed E-state index contributed by atoms with van der Waals surface area (Å²) in [6.07, 6.45) is 16.1. The van der Waals surface area contributed by atoms with Crippen molar-refractivity contribution in [1.82, 2.24) is 0 Å². The van der Waals surface area contributed by atoms with E-state index in [1.807, 2.05) is 0 Å². The topological polar surface area (TPSA) is 57.5 Å². The molecule has 0 bridgehead atoms. The second kappa shape index (κ2) is 6.90. The second-order valence-corrected chi connectivity index (χ2v) is 8.84. The highest BCUT2D eigenvalue weighted by atomic mass is 16.4. The lowest BCUT2D eigenvalue weighted by Crippen LogP contribution is -2.50. The van der Waals surface area contributed by atoms with E-state index < -0.39 is 12.1 Å². The molecule has 0 aromatic carbocycles. The van der Waals surface area contributed by atoms with Gasteiger partial charge in [0.15, 0.2) is 0 Å². The Morgan fingerprint density at radius 3 is 2.60 bits per heavy atom. The molecule has 3 nitrogen and oxygen atoms in total. The average molecular weight is 344 g/mol. The van der Waals surface area contributed by atoms with E-state index in [0.29, 0.717) is 23.3 Å². The summed E-state index contributed by atoms with van der Waals surface area (Å²) in [5, 5.41) is 20.0. The van der Waals surface area contributed by atoms with Gasteiger partial charge in [0.25, 0.3) is 0 Å². The molecule has 8 atom stereocenters. The number of carboxylic acid groups (broad SMARTS) is 1. The van der Waals surface area contributed by atoms with Gasteiger partial charge in [-0.25, -0.2) is 4.79 Å². The summed E-state index contributed by atoms with van der Waals surface area (Å²) in [6.45, 7) is 2.26. The number of aliphatic hydroxyl groups is 1. The van der Waals surface area contributed by atoms with Gasteiger partial charge < -0.3 is 10.2 Å². The largest absolute Gasteiger partial charge is 0.478 e. The van der Waals surface area contributed by atoms with Crippen molar-refractivity contribution in [3.05, 3.63) is 23.8 Å². The standard InChI is InChI=1S/C22H32O3/c1-2-3-4-5-6-7-8-13-14-9-10-15-17(22(24)25)12-19(23)18-11-16(13)20(14)21(15)18/h9-10,12-16,18-21,23H,2-8,11H2,1H3,(H,24,25)/t13-,14+,15-,16+,18+,19-,20+,21+/m1/s1. The van der Waals surface area contributed by atoms with E-state index in [9.17, 15) is 15.0 Å². The van der Waals surface area contributed by atoms with Crippen LogP contribution in [0.3, 0.4) is 0 Å². The zero-order valence-electron chi connectivity index (χ0n) is 15.3. The number of hydrogen-bond acceptors (Lipinski definition) is 2. The highest BCUT2D eigenvalue weighted by Gasteiger charge is 2.63. The molecule has 4 aliphatic rings. The molecule has 2 fully saturated rings. The number of carboxylic acids is 1. The fraction of sp³-hybridized carbons (Fsp3) is 0.773. The minimum absolute atomic E-state index is 0.0344. The van der Waals surface area contributed by atoms with Crippen LogP contribution in [-0.4, -0.2) is 22.3 Å². The Hall–Kier alpha value is -1.09. The molecule has 138 valence electrons. The van der Waals surface area contributed by atoms with Gasteiger partial charge in [-0.05, 0) is 54.4 Å². The van der Waals surface area contributed by atoms with Crippen LogP contribution in [0.25, 0.3) is 0 Å². The minimum Gasteiger partial charge on any atom is -0.478 e. The highest BCUT2D eigenvalue weighted by Crippen LogP contribution is 2.67. The maximum absolute atomic E-state index is 11.6. The SMILES string of the molecule is CCCCCCCC[C@@H]1[C@@H]2C=C[C@@H]3C(C(=O)O)=C[C@@H](O)[C@@H]4C[C@@H]1[C@H]2[C@H]43. The van der Waals surface area contributed by atoms with Crippen LogP contribution in [0.1, 0.15) is 58.3 Å². The number of allylic oxidation sites excluding steroid dienone is 2. The van der Waals surface area contributed by atoms with Crippen molar-refractivity contribution in [1.29, 1.82) is 0 Å². The average Bonchev–Trinajstić information content (AvgIpc) is 2.95. The van der Waals surface area contributed by atoms with E-state index in [4.69, 9.17) is 0 Å². The monoisotopic (exact) mass is 344 g/mol. The van der Waals surface area contributed by atoms with Crippen LogP contribution in [0.5, 0.6) is 0 Å². The number of carbonyl (C=O) groups is 1. The molecule has 0 heterocycles. The van der Waals surface area contributed by atoms with Crippen LogP contribution < -0.4 is 0 Å². The molecule has 0 aromatic rings. The third kappa shape index (κ3) is 2.79. The van der Waals surface area contributed by atoms with Gasteiger partial charge in [0, 0.05) is 11.5 Å². The third-order valence-electron chi connectivity index (χ3n) is 7.71. The predicted molar refractivity (Wildman–Crippen MR) is 97.9 cm³/mol. The maximum Gasteiger partial charge on any atom is 0.331 e. The maximum atomic E-state index is 11.6. The Morgan fingerprint density at radius 1 is 1.08 bits per heavy atom. The Labute approximate surface area is 151 Å². The molecule has 25 heavy (non-hydrogen) atoms. The van der Waals surface area contributed by atoms with Gasteiger partial charge in [-0.1, -0.05) is 57.6 Å². The number of aliphatic carboxylic acids is 1. The summed E-state index contributed by atoms with van der Waals surface area (Å²) in [7, 11) is 0. The molecule has 0 unspecified atom stereocenters. The zero-order valence-corrected chi connectivity index (χ0v) is 15.3. The van der Waals surface area contributed by atoms with Crippen molar-refractivity contribution in [3.8, 4) is 0 Å². The van der Waals surface area contributed by atoms with Crippen molar-refractivity contribution >= 4 is 5.97 Å². The van der Waals surface area contributed by atoms with Crippen molar-refractivity contribution in [3.63, 3.8) is 0 Å². The quantitative estimate of drug-likeness (QED) is 0.506. The number of rotatable bonds is 8. The molecule has 3 heteroatoms. The fourth-order valence-electron chi connectivity index (χ4n) is 6.66. The third-order valence-corrected chi connectivity index (χ3v) is 7.71. The zero-order chi connectivity index (χ0) is 17.6. The summed E-state index contributed by atoms with van der Waals surface area (Å²) in [5.41, 5.74) is 0.434. The van der Waals surface area contributed by atoms with Gasteiger partial charge in [-0.2, -0.15) is 0 Å². The summed E-state index contributed by atoms with van der Waals surface area (Å²) in [4.78, 5) is 11.6. The summed E-state index contributed by atoms with van der Waals surface area (Å²) in [6, 6.07) is 0. The minimum atomic E-state index is -0.850. The second-order valence-electron chi connectivity index (χ2n) is 8.84. The molecule has 0 spiro atoms. The summed E-state index contributed by atoms with van der Waals surface area (Å²) < 4.78 is 0. The first-order valence-electron chi connectivity index (χ1n) is 10.4. The molecular weight excluding hydrogens is 312 g/mol. The van der Waals surface area contributed by atoms with Crippen LogP contribution in [0.4, 0.5) is 0 Å². The number of unbranched alkanes of at least 4 members (excludes halogenated alkanes) is 5. The molecule has 2 saturated carbocycles. The van der Waals surface area contributed by atoms with Crippen molar-refractivity contribution in [2.45, 2.75) is 64.4 Å². The van der Waals surface area contributed by atoms with E-state index in [1.54, 1.807) is 6.08 Å². The molecule has 0 aromatic heterocycles. The summed E-state index contributed by atoms with van der Waals surface area (Å²) in [5.74, 6) is 2.61. The van der Waals surface area contributed by atoms with Gasteiger partial charge in [0.05, 0.1) is 6.10 Å². The Bertz CT molecular complexity index is 578.